The lowest BCUT2D eigenvalue weighted by Crippen LogP contribution is -2.32. The van der Waals surface area contributed by atoms with Crippen molar-refractivity contribution in [3.05, 3.63) is 71.3 Å². The highest BCUT2D eigenvalue weighted by Crippen LogP contribution is 2.44. The van der Waals surface area contributed by atoms with E-state index in [0.717, 1.165) is 18.4 Å². The second-order valence-corrected chi connectivity index (χ2v) is 8.02. The van der Waals surface area contributed by atoms with Gasteiger partial charge in [-0.1, -0.05) is 49.7 Å². The van der Waals surface area contributed by atoms with Crippen LogP contribution in [0.2, 0.25) is 0 Å². The Labute approximate surface area is 173 Å². The Morgan fingerprint density at radius 1 is 1.07 bits per heavy atom. The number of hydrogen-bond donors (Lipinski definition) is 1. The topological polar surface area (TPSA) is 20.2 Å². The quantitative estimate of drug-likeness (QED) is 0.502. The van der Waals surface area contributed by atoms with Crippen molar-refractivity contribution in [2.45, 2.75) is 57.2 Å². The van der Waals surface area contributed by atoms with Crippen LogP contribution in [0.4, 0.5) is 22.0 Å². The van der Waals surface area contributed by atoms with E-state index in [-0.39, 0.29) is 37.3 Å². The number of benzene rings is 2. The van der Waals surface area contributed by atoms with Crippen LogP contribution in [0.25, 0.3) is 11.1 Å². The second-order valence-electron chi connectivity index (χ2n) is 8.02. The van der Waals surface area contributed by atoms with E-state index in [9.17, 15) is 27.1 Å². The molecule has 1 saturated carbocycles. The average molecular weight is 424 g/mol. The van der Waals surface area contributed by atoms with Gasteiger partial charge in [-0.3, -0.25) is 0 Å². The van der Waals surface area contributed by atoms with E-state index >= 15 is 0 Å². The lowest BCUT2D eigenvalue weighted by atomic mass is 9.74. The minimum Gasteiger partial charge on any atom is -0.385 e. The summed E-state index contributed by atoms with van der Waals surface area (Å²) in [7, 11) is 0. The van der Waals surface area contributed by atoms with E-state index in [1.165, 1.54) is 17.7 Å². The molecule has 1 N–H and O–H groups in total. The summed E-state index contributed by atoms with van der Waals surface area (Å²) < 4.78 is 65.7. The third-order valence-electron chi connectivity index (χ3n) is 5.80. The minimum absolute atomic E-state index is 0.00122. The molecule has 0 aromatic heterocycles. The fourth-order valence-corrected chi connectivity index (χ4v) is 4.14. The number of allylic oxidation sites excluding steroid dienone is 2. The van der Waals surface area contributed by atoms with Crippen LogP contribution in [-0.2, 0) is 12.0 Å². The number of halogens is 5. The van der Waals surface area contributed by atoms with Gasteiger partial charge in [-0.2, -0.15) is 13.2 Å². The molecular formula is C24H25F5O. The summed E-state index contributed by atoms with van der Waals surface area (Å²) >= 11 is 0. The molecule has 2 aromatic carbocycles. The van der Waals surface area contributed by atoms with Gasteiger partial charge in [0.2, 0.25) is 0 Å². The Morgan fingerprint density at radius 2 is 1.67 bits per heavy atom. The zero-order chi connectivity index (χ0) is 21.9. The molecule has 0 heterocycles. The summed E-state index contributed by atoms with van der Waals surface area (Å²) in [5.74, 6) is -2.71. The molecule has 162 valence electrons. The van der Waals surface area contributed by atoms with Gasteiger partial charge in [0.25, 0.3) is 0 Å². The van der Waals surface area contributed by atoms with Crippen molar-refractivity contribution in [2.24, 2.45) is 5.92 Å². The van der Waals surface area contributed by atoms with Gasteiger partial charge in [0.05, 0.1) is 11.7 Å². The third kappa shape index (κ3) is 5.28. The summed E-state index contributed by atoms with van der Waals surface area (Å²) in [6.45, 7) is 2.10. The molecule has 1 nitrogen and oxygen atoms in total. The van der Waals surface area contributed by atoms with Crippen molar-refractivity contribution in [2.75, 3.05) is 0 Å². The van der Waals surface area contributed by atoms with Crippen LogP contribution in [0.5, 0.6) is 0 Å². The van der Waals surface area contributed by atoms with Gasteiger partial charge in [-0.25, -0.2) is 8.78 Å². The highest BCUT2D eigenvalue weighted by Gasteiger charge is 2.39. The van der Waals surface area contributed by atoms with Crippen molar-refractivity contribution in [1.29, 1.82) is 0 Å². The van der Waals surface area contributed by atoms with Gasteiger partial charge in [0.15, 0.2) is 0 Å². The highest BCUT2D eigenvalue weighted by molar-refractivity contribution is 5.64. The predicted molar refractivity (Wildman–Crippen MR) is 107 cm³/mol. The first-order chi connectivity index (χ1) is 14.1. The van der Waals surface area contributed by atoms with Gasteiger partial charge in [-0.15, -0.1) is 0 Å². The van der Waals surface area contributed by atoms with Crippen molar-refractivity contribution in [1.82, 2.24) is 0 Å². The first-order valence-electron chi connectivity index (χ1n) is 10.2. The maximum Gasteiger partial charge on any atom is 0.412 e. The number of aliphatic hydroxyl groups is 1. The van der Waals surface area contributed by atoms with Crippen molar-refractivity contribution < 1.29 is 27.1 Å². The molecule has 6 heteroatoms. The lowest BCUT2D eigenvalue weighted by molar-refractivity contribution is -0.0825. The molecule has 0 unspecified atom stereocenters. The van der Waals surface area contributed by atoms with E-state index < -0.39 is 29.3 Å². The molecule has 30 heavy (non-hydrogen) atoms. The monoisotopic (exact) mass is 424 g/mol. The summed E-state index contributed by atoms with van der Waals surface area (Å²) in [5.41, 5.74) is 1.33. The van der Waals surface area contributed by atoms with Gasteiger partial charge in [0, 0.05) is 11.5 Å². The van der Waals surface area contributed by atoms with Crippen molar-refractivity contribution in [3.63, 3.8) is 0 Å². The van der Waals surface area contributed by atoms with E-state index in [1.807, 2.05) is 24.3 Å². The summed E-state index contributed by atoms with van der Waals surface area (Å²) in [4.78, 5) is 0. The Morgan fingerprint density at radius 3 is 2.20 bits per heavy atom. The molecule has 1 aliphatic rings. The second kappa shape index (κ2) is 8.88. The molecule has 2 aromatic rings. The Kier molecular flexibility index (Phi) is 6.65. The molecule has 0 bridgehead atoms. The van der Waals surface area contributed by atoms with E-state index in [4.69, 9.17) is 0 Å². The van der Waals surface area contributed by atoms with Crippen LogP contribution in [0.15, 0.2) is 54.4 Å². The maximum absolute atomic E-state index is 14.8. The smallest absolute Gasteiger partial charge is 0.385 e. The molecule has 0 radical (unpaired) electrons. The minimum atomic E-state index is -4.71. The zero-order valence-electron chi connectivity index (χ0n) is 16.8. The van der Waals surface area contributed by atoms with Crippen LogP contribution >= 0.6 is 0 Å². The zero-order valence-corrected chi connectivity index (χ0v) is 16.8. The normalized spacial score (nSPS) is 22.9. The van der Waals surface area contributed by atoms with Crippen molar-refractivity contribution >= 4 is 0 Å². The number of hydrogen-bond acceptors (Lipinski definition) is 1. The maximum atomic E-state index is 14.8. The van der Waals surface area contributed by atoms with E-state index in [2.05, 4.69) is 6.92 Å². The first-order valence-corrected chi connectivity index (χ1v) is 10.2. The standard InChI is InChI=1S/C24H25F5O/c1-2-3-16-4-6-17(7-5-16)19-8-9-20(21(25)14-19)23(30)12-10-18(11-13-23)22(26)15-24(27,28)29/h4-9,14-15,18,30H,2-3,10-13H2,1H3/b22-15-. The average Bonchev–Trinajstić information content (AvgIpc) is 2.68. The summed E-state index contributed by atoms with van der Waals surface area (Å²) in [6.07, 6.45) is -2.99. The Hall–Kier alpha value is -2.21. The van der Waals surface area contributed by atoms with Crippen LogP contribution in [0.1, 0.15) is 50.2 Å². The van der Waals surface area contributed by atoms with Crippen LogP contribution < -0.4 is 0 Å². The van der Waals surface area contributed by atoms with E-state index in [1.54, 1.807) is 6.07 Å². The Bertz CT molecular complexity index is 891. The fourth-order valence-electron chi connectivity index (χ4n) is 4.14. The molecular weight excluding hydrogens is 399 g/mol. The molecule has 1 fully saturated rings. The number of rotatable bonds is 5. The largest absolute Gasteiger partial charge is 0.412 e. The fraction of sp³-hybridized carbons (Fsp3) is 0.417. The number of aryl methyl sites for hydroxylation is 1. The van der Waals surface area contributed by atoms with Crippen LogP contribution in [0.3, 0.4) is 0 Å². The van der Waals surface area contributed by atoms with Gasteiger partial charge in [-0.05, 0) is 54.9 Å². The molecule has 1 aliphatic carbocycles. The predicted octanol–water partition coefficient (Wildman–Crippen LogP) is 7.24. The molecule has 3 rings (SSSR count). The Balaban J connectivity index is 1.74. The third-order valence-corrected chi connectivity index (χ3v) is 5.80. The molecule has 0 saturated heterocycles. The SMILES string of the molecule is CCCc1ccc(-c2ccc(C3(O)CCC(/C(F)=C/C(F)(F)F)CC3)c(F)c2)cc1. The number of alkyl halides is 3. The molecule has 0 spiro atoms. The van der Waals surface area contributed by atoms with E-state index in [0.29, 0.717) is 5.56 Å². The lowest BCUT2D eigenvalue weighted by Gasteiger charge is -2.36. The first kappa shape index (κ1) is 22.5. The summed E-state index contributed by atoms with van der Waals surface area (Å²) in [6, 6.07) is 12.5. The van der Waals surface area contributed by atoms with Gasteiger partial charge < -0.3 is 5.11 Å². The van der Waals surface area contributed by atoms with Gasteiger partial charge >= 0.3 is 6.18 Å². The molecule has 0 aliphatic heterocycles. The van der Waals surface area contributed by atoms with Gasteiger partial charge in [0.1, 0.15) is 11.6 Å². The van der Waals surface area contributed by atoms with Crippen molar-refractivity contribution in [3.8, 4) is 11.1 Å². The molecule has 0 atom stereocenters. The van der Waals surface area contributed by atoms with Crippen LogP contribution in [0, 0.1) is 11.7 Å². The molecule has 0 amide bonds. The summed E-state index contributed by atoms with van der Waals surface area (Å²) in [5, 5.41) is 10.9. The van der Waals surface area contributed by atoms with Crippen LogP contribution in [-0.4, -0.2) is 11.3 Å². The highest BCUT2D eigenvalue weighted by atomic mass is 19.4.